The molecule has 1 fully saturated rings. The topological polar surface area (TPSA) is 19.4 Å². The number of rotatable bonds is 7. The van der Waals surface area contributed by atoms with Gasteiger partial charge >= 0.3 is 0 Å². The average molecular weight is 460 g/mol. The summed E-state index contributed by atoms with van der Waals surface area (Å²) in [5, 5.41) is 1.30. The molecule has 0 aliphatic carbocycles. The molecule has 3 nitrogen and oxygen atoms in total. The largest absolute Gasteiger partial charge is 0.303 e. The molecule has 3 aromatic rings. The first kappa shape index (κ1) is 25.6. The third-order valence-electron chi connectivity index (χ3n) is 6.45. The zero-order chi connectivity index (χ0) is 20.1. The van der Waals surface area contributed by atoms with E-state index in [1.54, 1.807) is 0 Å². The first-order valence-electron chi connectivity index (χ1n) is 11.2. The van der Waals surface area contributed by atoms with Crippen LogP contribution in [0.15, 0.2) is 60.7 Å². The van der Waals surface area contributed by atoms with Gasteiger partial charge in [-0.2, -0.15) is 0 Å². The standard InChI is InChI=1S/C26H33N3.2ClH/c1-3-29(4-2)23-15-18-28(19-16-23)17-14-22-20-26(21-10-6-5-7-11-21)27-25-13-9-8-12-24(22)25;;/h5-13,20,23H,3-4,14-19H2,1-2H3;2*1H. The second-order valence-electron chi connectivity index (χ2n) is 8.09. The van der Waals surface area contributed by atoms with Gasteiger partial charge in [-0.3, -0.25) is 0 Å². The van der Waals surface area contributed by atoms with Crippen molar-refractivity contribution in [1.29, 1.82) is 0 Å². The minimum Gasteiger partial charge on any atom is -0.303 e. The van der Waals surface area contributed by atoms with Crippen molar-refractivity contribution in [3.63, 3.8) is 0 Å². The maximum absolute atomic E-state index is 4.93. The molecule has 2 aromatic carbocycles. The van der Waals surface area contributed by atoms with Gasteiger partial charge in [0.15, 0.2) is 0 Å². The van der Waals surface area contributed by atoms with Gasteiger partial charge in [-0.15, -0.1) is 24.8 Å². The van der Waals surface area contributed by atoms with E-state index in [1.165, 1.54) is 55.5 Å². The van der Waals surface area contributed by atoms with E-state index in [1.807, 2.05) is 0 Å². The Morgan fingerprint density at radius 1 is 0.903 bits per heavy atom. The molecule has 0 unspecified atom stereocenters. The van der Waals surface area contributed by atoms with Gasteiger partial charge in [0.25, 0.3) is 0 Å². The first-order valence-corrected chi connectivity index (χ1v) is 11.2. The van der Waals surface area contributed by atoms with Gasteiger partial charge in [-0.25, -0.2) is 4.98 Å². The molecule has 31 heavy (non-hydrogen) atoms. The molecular formula is C26H35Cl2N3. The fourth-order valence-corrected chi connectivity index (χ4v) is 4.74. The van der Waals surface area contributed by atoms with E-state index in [-0.39, 0.29) is 24.8 Å². The fourth-order valence-electron chi connectivity index (χ4n) is 4.74. The van der Waals surface area contributed by atoms with Crippen molar-refractivity contribution in [2.24, 2.45) is 0 Å². The van der Waals surface area contributed by atoms with Gasteiger partial charge in [-0.05, 0) is 63.1 Å². The lowest BCUT2D eigenvalue weighted by molar-refractivity contribution is 0.117. The third-order valence-corrected chi connectivity index (χ3v) is 6.45. The number of para-hydroxylation sites is 1. The Morgan fingerprint density at radius 3 is 2.23 bits per heavy atom. The molecule has 5 heteroatoms. The molecule has 0 spiro atoms. The highest BCUT2D eigenvalue weighted by atomic mass is 35.5. The molecule has 0 N–H and O–H groups in total. The summed E-state index contributed by atoms with van der Waals surface area (Å²) in [7, 11) is 0. The quantitative estimate of drug-likeness (QED) is 0.425. The lowest BCUT2D eigenvalue weighted by atomic mass is 10.00. The summed E-state index contributed by atoms with van der Waals surface area (Å²) in [5.41, 5.74) is 4.79. The first-order chi connectivity index (χ1) is 14.3. The van der Waals surface area contributed by atoms with Gasteiger partial charge < -0.3 is 9.80 Å². The Labute approximate surface area is 199 Å². The number of piperidine rings is 1. The van der Waals surface area contributed by atoms with E-state index in [0.29, 0.717) is 0 Å². The number of fused-ring (bicyclic) bond motifs is 1. The van der Waals surface area contributed by atoms with Crippen LogP contribution in [0.2, 0.25) is 0 Å². The number of pyridine rings is 1. The summed E-state index contributed by atoms with van der Waals surface area (Å²) >= 11 is 0. The summed E-state index contributed by atoms with van der Waals surface area (Å²) in [5.74, 6) is 0. The van der Waals surface area contributed by atoms with Crippen LogP contribution in [0.1, 0.15) is 32.3 Å². The highest BCUT2D eigenvalue weighted by molar-refractivity contribution is 5.86. The van der Waals surface area contributed by atoms with E-state index in [4.69, 9.17) is 4.98 Å². The van der Waals surface area contributed by atoms with Crippen molar-refractivity contribution >= 4 is 35.7 Å². The monoisotopic (exact) mass is 459 g/mol. The Morgan fingerprint density at radius 2 is 1.55 bits per heavy atom. The van der Waals surface area contributed by atoms with Gasteiger partial charge in [0, 0.05) is 23.5 Å². The molecule has 0 saturated carbocycles. The van der Waals surface area contributed by atoms with Gasteiger partial charge in [0.05, 0.1) is 11.2 Å². The minimum atomic E-state index is 0. The molecular weight excluding hydrogens is 425 g/mol. The maximum Gasteiger partial charge on any atom is 0.0712 e. The van der Waals surface area contributed by atoms with Crippen LogP contribution < -0.4 is 0 Å². The fraction of sp³-hybridized carbons (Fsp3) is 0.423. The van der Waals surface area contributed by atoms with Crippen LogP contribution in [0.5, 0.6) is 0 Å². The summed E-state index contributed by atoms with van der Waals surface area (Å²) < 4.78 is 0. The van der Waals surface area contributed by atoms with Gasteiger partial charge in [0.1, 0.15) is 0 Å². The molecule has 168 valence electrons. The van der Waals surface area contributed by atoms with E-state index < -0.39 is 0 Å². The third kappa shape index (κ3) is 6.20. The smallest absolute Gasteiger partial charge is 0.0712 e. The van der Waals surface area contributed by atoms with Gasteiger partial charge in [0.2, 0.25) is 0 Å². The zero-order valence-electron chi connectivity index (χ0n) is 18.7. The molecule has 4 rings (SSSR count). The van der Waals surface area contributed by atoms with Gasteiger partial charge in [-0.1, -0.05) is 62.4 Å². The molecule has 2 heterocycles. The van der Waals surface area contributed by atoms with Crippen LogP contribution in [0, 0.1) is 0 Å². The molecule has 1 aliphatic heterocycles. The number of hydrogen-bond donors (Lipinski definition) is 0. The second-order valence-corrected chi connectivity index (χ2v) is 8.09. The summed E-state index contributed by atoms with van der Waals surface area (Å²) in [4.78, 5) is 10.2. The minimum absolute atomic E-state index is 0. The Kier molecular flexibility index (Phi) is 10.2. The molecule has 1 aromatic heterocycles. The van der Waals surface area contributed by atoms with Crippen molar-refractivity contribution in [1.82, 2.24) is 14.8 Å². The van der Waals surface area contributed by atoms with E-state index >= 15 is 0 Å². The number of aromatic nitrogens is 1. The lowest BCUT2D eigenvalue weighted by Gasteiger charge is -2.37. The van der Waals surface area contributed by atoms with Crippen molar-refractivity contribution < 1.29 is 0 Å². The summed E-state index contributed by atoms with van der Waals surface area (Å²) in [6, 6.07) is 22.2. The highest BCUT2D eigenvalue weighted by Gasteiger charge is 2.22. The number of halogens is 2. The molecule has 0 atom stereocenters. The van der Waals surface area contributed by atoms with Crippen LogP contribution in [-0.4, -0.2) is 53.5 Å². The van der Waals surface area contributed by atoms with Crippen molar-refractivity contribution in [2.75, 3.05) is 32.7 Å². The van der Waals surface area contributed by atoms with E-state index in [9.17, 15) is 0 Å². The number of benzene rings is 2. The van der Waals surface area contributed by atoms with Crippen LogP contribution in [0.4, 0.5) is 0 Å². The Bertz CT molecular complexity index is 920. The Balaban J connectivity index is 0.00000171. The predicted molar refractivity (Wildman–Crippen MR) is 138 cm³/mol. The summed E-state index contributed by atoms with van der Waals surface area (Å²) in [6.45, 7) is 10.5. The molecule has 0 bridgehead atoms. The number of nitrogens with zero attached hydrogens (tertiary/aromatic N) is 3. The maximum atomic E-state index is 4.93. The van der Waals surface area contributed by atoms with Crippen molar-refractivity contribution in [3.05, 3.63) is 66.2 Å². The summed E-state index contributed by atoms with van der Waals surface area (Å²) in [6.07, 6.45) is 3.68. The predicted octanol–water partition coefficient (Wildman–Crippen LogP) is 6.09. The van der Waals surface area contributed by atoms with Crippen molar-refractivity contribution in [2.45, 2.75) is 39.2 Å². The normalized spacial score (nSPS) is 14.9. The lowest BCUT2D eigenvalue weighted by Crippen LogP contribution is -2.45. The SMILES string of the molecule is CCN(CC)C1CCN(CCc2cc(-c3ccccc3)nc3ccccc23)CC1.Cl.Cl. The van der Waals surface area contributed by atoms with Crippen LogP contribution in [0.3, 0.4) is 0 Å². The molecule has 1 saturated heterocycles. The molecule has 0 amide bonds. The number of likely N-dealkylation sites (tertiary alicyclic amines) is 1. The van der Waals surface area contributed by atoms with E-state index in [0.717, 1.165) is 30.2 Å². The van der Waals surface area contributed by atoms with Crippen molar-refractivity contribution in [3.8, 4) is 11.3 Å². The van der Waals surface area contributed by atoms with Crippen LogP contribution in [0.25, 0.3) is 22.2 Å². The second kappa shape index (κ2) is 12.4. The average Bonchev–Trinajstić information content (AvgIpc) is 2.79. The van der Waals surface area contributed by atoms with Crippen LogP contribution >= 0.6 is 24.8 Å². The zero-order valence-corrected chi connectivity index (χ0v) is 20.3. The highest BCUT2D eigenvalue weighted by Crippen LogP contribution is 2.26. The molecule has 0 radical (unpaired) electrons. The molecule has 1 aliphatic rings. The Hall–Kier alpha value is -1.65. The van der Waals surface area contributed by atoms with E-state index in [2.05, 4.69) is 84.3 Å². The number of hydrogen-bond acceptors (Lipinski definition) is 3. The van der Waals surface area contributed by atoms with Crippen LogP contribution in [-0.2, 0) is 6.42 Å².